The van der Waals surface area contributed by atoms with Crippen molar-refractivity contribution in [1.82, 2.24) is 15.6 Å². The Kier molecular flexibility index (Phi) is 3.79. The van der Waals surface area contributed by atoms with Crippen molar-refractivity contribution < 1.29 is 4.79 Å². The summed E-state index contributed by atoms with van der Waals surface area (Å²) in [5.41, 5.74) is -0.372. The van der Waals surface area contributed by atoms with Crippen LogP contribution in [0.5, 0.6) is 0 Å². The molecule has 0 saturated carbocycles. The van der Waals surface area contributed by atoms with E-state index in [9.17, 15) is 4.79 Å². The molecule has 0 unspecified atom stereocenters. The van der Waals surface area contributed by atoms with E-state index in [2.05, 4.69) is 15.6 Å². The minimum atomic E-state index is -0.372. The summed E-state index contributed by atoms with van der Waals surface area (Å²) in [5, 5.41) is 9.25. The molecule has 2 heterocycles. The molecule has 1 saturated heterocycles. The van der Waals surface area contributed by atoms with Crippen LogP contribution in [0.1, 0.15) is 31.7 Å². The van der Waals surface area contributed by atoms with Crippen LogP contribution in [0.2, 0.25) is 0 Å². The largest absolute Gasteiger partial charge is 0.344 e. The van der Waals surface area contributed by atoms with E-state index >= 15 is 0 Å². The molecule has 0 bridgehead atoms. The van der Waals surface area contributed by atoms with E-state index in [0.717, 1.165) is 30.9 Å². The summed E-state index contributed by atoms with van der Waals surface area (Å²) in [4.78, 5) is 16.4. The quantitative estimate of drug-likeness (QED) is 0.858. The Morgan fingerprint density at radius 1 is 1.65 bits per heavy atom. The summed E-state index contributed by atoms with van der Waals surface area (Å²) in [6, 6.07) is 0. The molecule has 1 amide bonds. The smallest absolute Gasteiger partial charge is 0.225 e. The second kappa shape index (κ2) is 5.14. The highest BCUT2D eigenvalue weighted by molar-refractivity contribution is 7.09. The van der Waals surface area contributed by atoms with Gasteiger partial charge in [0.15, 0.2) is 0 Å². The number of hydrogen-bond acceptors (Lipinski definition) is 4. The first-order valence-corrected chi connectivity index (χ1v) is 6.90. The van der Waals surface area contributed by atoms with E-state index in [1.807, 2.05) is 19.2 Å². The van der Waals surface area contributed by atoms with E-state index in [0.29, 0.717) is 0 Å². The van der Waals surface area contributed by atoms with Gasteiger partial charge in [0.25, 0.3) is 0 Å². The van der Waals surface area contributed by atoms with Gasteiger partial charge in [0.05, 0.1) is 11.5 Å². The fraction of sp³-hybridized carbons (Fsp3) is 0.667. The molecular formula is C12H19N3OS. The molecular weight excluding hydrogens is 234 g/mol. The molecule has 2 rings (SSSR count). The predicted molar refractivity (Wildman–Crippen MR) is 68.9 cm³/mol. The maximum absolute atomic E-state index is 12.1. The zero-order chi connectivity index (χ0) is 12.3. The van der Waals surface area contributed by atoms with Crippen LogP contribution in [0, 0.1) is 5.92 Å². The first-order valence-electron chi connectivity index (χ1n) is 6.02. The van der Waals surface area contributed by atoms with Crippen LogP contribution in [0.3, 0.4) is 0 Å². The molecule has 0 radical (unpaired) electrons. The van der Waals surface area contributed by atoms with Crippen LogP contribution >= 0.6 is 11.3 Å². The molecule has 17 heavy (non-hydrogen) atoms. The van der Waals surface area contributed by atoms with Crippen molar-refractivity contribution >= 4 is 17.2 Å². The lowest BCUT2D eigenvalue weighted by atomic mass is 9.97. The maximum atomic E-state index is 12.1. The van der Waals surface area contributed by atoms with Crippen LogP contribution < -0.4 is 10.6 Å². The Bertz CT molecular complexity index is 369. The monoisotopic (exact) mass is 253 g/mol. The van der Waals surface area contributed by atoms with E-state index in [1.165, 1.54) is 0 Å². The van der Waals surface area contributed by atoms with Gasteiger partial charge in [0.2, 0.25) is 5.91 Å². The van der Waals surface area contributed by atoms with Gasteiger partial charge in [-0.25, -0.2) is 4.98 Å². The van der Waals surface area contributed by atoms with Crippen LogP contribution in [0.25, 0.3) is 0 Å². The number of amides is 1. The summed E-state index contributed by atoms with van der Waals surface area (Å²) in [6.45, 7) is 5.82. The average Bonchev–Trinajstić information content (AvgIpc) is 2.84. The third-order valence-electron chi connectivity index (χ3n) is 3.07. The van der Waals surface area contributed by atoms with Gasteiger partial charge in [-0.3, -0.25) is 4.79 Å². The number of rotatable bonds is 3. The second-order valence-corrected chi connectivity index (χ2v) is 5.89. The van der Waals surface area contributed by atoms with Crippen LogP contribution in [0.15, 0.2) is 11.6 Å². The highest BCUT2D eigenvalue weighted by atomic mass is 32.1. The SMILES string of the molecule is CC(C)(NC(=O)[C@H]1CCCNC1)c1nccs1. The molecule has 94 valence electrons. The number of hydrogen-bond donors (Lipinski definition) is 2. The number of aromatic nitrogens is 1. The fourth-order valence-corrected chi connectivity index (χ4v) is 2.79. The zero-order valence-electron chi connectivity index (χ0n) is 10.3. The number of thiazole rings is 1. The Hall–Kier alpha value is -0.940. The lowest BCUT2D eigenvalue weighted by Crippen LogP contribution is -2.47. The molecule has 0 aliphatic carbocycles. The Morgan fingerprint density at radius 2 is 2.47 bits per heavy atom. The van der Waals surface area contributed by atoms with Crippen molar-refractivity contribution in [3.05, 3.63) is 16.6 Å². The normalized spacial score (nSPS) is 21.2. The molecule has 0 spiro atoms. The lowest BCUT2D eigenvalue weighted by Gasteiger charge is -2.28. The van der Waals surface area contributed by atoms with Gasteiger partial charge in [-0.15, -0.1) is 11.3 Å². The summed E-state index contributed by atoms with van der Waals surface area (Å²) in [6.07, 6.45) is 3.83. The highest BCUT2D eigenvalue weighted by Gasteiger charge is 2.29. The second-order valence-electron chi connectivity index (χ2n) is 4.99. The summed E-state index contributed by atoms with van der Waals surface area (Å²) >= 11 is 1.58. The van der Waals surface area contributed by atoms with Crippen LogP contribution in [0.4, 0.5) is 0 Å². The number of nitrogens with one attached hydrogen (secondary N) is 2. The third-order valence-corrected chi connectivity index (χ3v) is 4.17. The van der Waals surface area contributed by atoms with E-state index in [1.54, 1.807) is 17.5 Å². The Morgan fingerprint density at radius 3 is 3.06 bits per heavy atom. The molecule has 1 aromatic rings. The van der Waals surface area contributed by atoms with Gasteiger partial charge < -0.3 is 10.6 Å². The molecule has 4 nitrogen and oxygen atoms in total. The zero-order valence-corrected chi connectivity index (χ0v) is 11.1. The lowest BCUT2D eigenvalue weighted by molar-refractivity contribution is -0.127. The average molecular weight is 253 g/mol. The highest BCUT2D eigenvalue weighted by Crippen LogP contribution is 2.23. The van der Waals surface area contributed by atoms with Gasteiger partial charge >= 0.3 is 0 Å². The van der Waals surface area contributed by atoms with E-state index in [-0.39, 0.29) is 17.4 Å². The first kappa shape index (κ1) is 12.5. The Labute approximate surface area is 106 Å². The standard InChI is InChI=1S/C12H19N3OS/c1-12(2,11-14-6-7-17-11)15-10(16)9-4-3-5-13-8-9/h6-7,9,13H,3-5,8H2,1-2H3,(H,15,16)/t9-/m0/s1. The summed E-state index contributed by atoms with van der Waals surface area (Å²) in [5.74, 6) is 0.236. The van der Waals surface area contributed by atoms with Crippen LogP contribution in [-0.2, 0) is 10.3 Å². The van der Waals surface area contributed by atoms with Gasteiger partial charge in [-0.1, -0.05) is 0 Å². The molecule has 1 aliphatic rings. The van der Waals surface area contributed by atoms with Gasteiger partial charge in [-0.2, -0.15) is 0 Å². The molecule has 1 fully saturated rings. The van der Waals surface area contributed by atoms with Crippen molar-refractivity contribution in [1.29, 1.82) is 0 Å². The number of piperidine rings is 1. The van der Waals surface area contributed by atoms with Gasteiger partial charge in [0, 0.05) is 18.1 Å². The molecule has 1 aliphatic heterocycles. The van der Waals surface area contributed by atoms with Crippen molar-refractivity contribution in [2.45, 2.75) is 32.2 Å². The number of carbonyl (C=O) groups is 1. The number of nitrogens with zero attached hydrogens (tertiary/aromatic N) is 1. The Balaban J connectivity index is 1.97. The molecule has 1 atom stereocenters. The molecule has 2 N–H and O–H groups in total. The fourth-order valence-electron chi connectivity index (χ4n) is 2.07. The predicted octanol–water partition coefficient (Wildman–Crippen LogP) is 1.49. The third kappa shape index (κ3) is 3.04. The molecule has 1 aromatic heterocycles. The topological polar surface area (TPSA) is 54.0 Å². The van der Waals surface area contributed by atoms with E-state index < -0.39 is 0 Å². The van der Waals surface area contributed by atoms with E-state index in [4.69, 9.17) is 0 Å². The van der Waals surface area contributed by atoms with Crippen LogP contribution in [-0.4, -0.2) is 24.0 Å². The van der Waals surface area contributed by atoms with Gasteiger partial charge in [0.1, 0.15) is 5.01 Å². The molecule has 5 heteroatoms. The van der Waals surface area contributed by atoms with Gasteiger partial charge in [-0.05, 0) is 33.2 Å². The molecule has 0 aromatic carbocycles. The van der Waals surface area contributed by atoms with Crippen molar-refractivity contribution in [2.24, 2.45) is 5.92 Å². The van der Waals surface area contributed by atoms with Crippen molar-refractivity contribution in [2.75, 3.05) is 13.1 Å². The maximum Gasteiger partial charge on any atom is 0.225 e. The number of carbonyl (C=O) groups excluding carboxylic acids is 1. The van der Waals surface area contributed by atoms with Crippen molar-refractivity contribution in [3.8, 4) is 0 Å². The minimum absolute atomic E-state index is 0.1000. The minimum Gasteiger partial charge on any atom is -0.344 e. The summed E-state index contributed by atoms with van der Waals surface area (Å²) in [7, 11) is 0. The first-order chi connectivity index (χ1) is 8.09. The van der Waals surface area contributed by atoms with Crippen molar-refractivity contribution in [3.63, 3.8) is 0 Å². The summed E-state index contributed by atoms with van der Waals surface area (Å²) < 4.78 is 0.